The van der Waals surface area contributed by atoms with E-state index in [1.807, 2.05) is 18.2 Å². The Hall–Kier alpha value is -2.20. The van der Waals surface area contributed by atoms with Crippen LogP contribution in [0.15, 0.2) is 42.5 Å². The standard InChI is InChI=1S/C16H17ClN2O2/c1-19(10-11-4-3-5-12(17)8-11)16(20)14-7-6-13(21-2)9-15(14)18/h3-9H,10,18H2,1-2H3. The number of nitrogen functional groups attached to an aromatic ring is 1. The van der Waals surface area contributed by atoms with E-state index in [0.29, 0.717) is 28.6 Å². The van der Waals surface area contributed by atoms with Gasteiger partial charge in [-0.05, 0) is 29.8 Å². The van der Waals surface area contributed by atoms with E-state index in [0.717, 1.165) is 5.56 Å². The molecule has 21 heavy (non-hydrogen) atoms. The fraction of sp³-hybridized carbons (Fsp3) is 0.188. The van der Waals surface area contributed by atoms with Gasteiger partial charge in [-0.1, -0.05) is 23.7 Å². The molecule has 0 aliphatic carbocycles. The first-order valence-electron chi connectivity index (χ1n) is 6.44. The third kappa shape index (κ3) is 3.67. The summed E-state index contributed by atoms with van der Waals surface area (Å²) in [6.45, 7) is 0.463. The van der Waals surface area contributed by atoms with Gasteiger partial charge in [0.15, 0.2) is 0 Å². The lowest BCUT2D eigenvalue weighted by molar-refractivity contribution is 0.0786. The summed E-state index contributed by atoms with van der Waals surface area (Å²) in [4.78, 5) is 14.0. The summed E-state index contributed by atoms with van der Waals surface area (Å²) in [5, 5.41) is 0.650. The number of ether oxygens (including phenoxy) is 1. The molecule has 2 N–H and O–H groups in total. The van der Waals surface area contributed by atoms with Crippen LogP contribution in [0.4, 0.5) is 5.69 Å². The quantitative estimate of drug-likeness (QED) is 0.883. The Morgan fingerprint density at radius 3 is 2.67 bits per heavy atom. The van der Waals surface area contributed by atoms with Crippen LogP contribution in [-0.4, -0.2) is 25.0 Å². The summed E-state index contributed by atoms with van der Waals surface area (Å²) in [7, 11) is 3.29. The molecule has 0 saturated heterocycles. The van der Waals surface area contributed by atoms with Gasteiger partial charge >= 0.3 is 0 Å². The largest absolute Gasteiger partial charge is 0.497 e. The molecule has 0 radical (unpaired) electrons. The van der Waals surface area contributed by atoms with Crippen molar-refractivity contribution in [2.75, 3.05) is 19.9 Å². The summed E-state index contributed by atoms with van der Waals surface area (Å²) < 4.78 is 5.08. The number of carbonyl (C=O) groups is 1. The zero-order chi connectivity index (χ0) is 15.4. The number of hydrogen-bond donors (Lipinski definition) is 1. The fourth-order valence-corrected chi connectivity index (χ4v) is 2.26. The molecule has 0 spiro atoms. The van der Waals surface area contributed by atoms with Gasteiger partial charge in [-0.25, -0.2) is 0 Å². The first kappa shape index (κ1) is 15.2. The fourth-order valence-electron chi connectivity index (χ4n) is 2.05. The van der Waals surface area contributed by atoms with E-state index >= 15 is 0 Å². The molecule has 0 saturated carbocycles. The molecule has 110 valence electrons. The van der Waals surface area contributed by atoms with Gasteiger partial charge in [0.25, 0.3) is 5.91 Å². The minimum absolute atomic E-state index is 0.143. The summed E-state index contributed by atoms with van der Waals surface area (Å²) >= 11 is 5.95. The molecule has 2 aromatic carbocycles. The number of benzene rings is 2. The Morgan fingerprint density at radius 1 is 1.29 bits per heavy atom. The Morgan fingerprint density at radius 2 is 2.05 bits per heavy atom. The number of methoxy groups -OCH3 is 1. The van der Waals surface area contributed by atoms with Gasteiger partial charge in [0, 0.05) is 30.4 Å². The highest BCUT2D eigenvalue weighted by Gasteiger charge is 2.15. The molecule has 0 bridgehead atoms. The number of carbonyl (C=O) groups excluding carboxylic acids is 1. The Balaban J connectivity index is 2.15. The van der Waals surface area contributed by atoms with Gasteiger partial charge in [-0.3, -0.25) is 4.79 Å². The smallest absolute Gasteiger partial charge is 0.255 e. The normalized spacial score (nSPS) is 10.2. The second-order valence-corrected chi connectivity index (χ2v) is 5.18. The minimum Gasteiger partial charge on any atom is -0.497 e. The van der Waals surface area contributed by atoms with E-state index in [2.05, 4.69) is 0 Å². The lowest BCUT2D eigenvalue weighted by Crippen LogP contribution is -2.27. The Labute approximate surface area is 129 Å². The molecule has 0 unspecified atom stereocenters. The van der Waals surface area contributed by atoms with Crippen LogP contribution in [0.25, 0.3) is 0 Å². The van der Waals surface area contributed by atoms with E-state index in [-0.39, 0.29) is 5.91 Å². The van der Waals surface area contributed by atoms with Crippen molar-refractivity contribution in [1.29, 1.82) is 0 Å². The van der Waals surface area contributed by atoms with E-state index in [1.165, 1.54) is 0 Å². The lowest BCUT2D eigenvalue weighted by atomic mass is 10.1. The SMILES string of the molecule is COc1ccc(C(=O)N(C)Cc2cccc(Cl)c2)c(N)c1. The van der Waals surface area contributed by atoms with Gasteiger partial charge in [-0.15, -0.1) is 0 Å². The summed E-state index contributed by atoms with van der Waals surface area (Å²) in [5.74, 6) is 0.483. The van der Waals surface area contributed by atoms with Crippen LogP contribution in [0.3, 0.4) is 0 Å². The van der Waals surface area contributed by atoms with Crippen LogP contribution >= 0.6 is 11.6 Å². The molecule has 5 heteroatoms. The molecule has 0 aliphatic heterocycles. The zero-order valence-corrected chi connectivity index (χ0v) is 12.7. The summed E-state index contributed by atoms with van der Waals surface area (Å²) in [6, 6.07) is 12.4. The highest BCUT2D eigenvalue weighted by atomic mass is 35.5. The molecule has 0 heterocycles. The van der Waals surface area contributed by atoms with Gasteiger partial charge in [0.05, 0.1) is 12.7 Å². The minimum atomic E-state index is -0.143. The second-order valence-electron chi connectivity index (χ2n) is 4.74. The average Bonchev–Trinajstić information content (AvgIpc) is 2.46. The van der Waals surface area contributed by atoms with Crippen molar-refractivity contribution in [2.24, 2.45) is 0 Å². The van der Waals surface area contributed by atoms with Crippen molar-refractivity contribution in [1.82, 2.24) is 4.90 Å². The first-order chi connectivity index (χ1) is 10.0. The van der Waals surface area contributed by atoms with Crippen molar-refractivity contribution < 1.29 is 9.53 Å². The van der Waals surface area contributed by atoms with Crippen molar-refractivity contribution >= 4 is 23.2 Å². The number of hydrogen-bond acceptors (Lipinski definition) is 3. The third-order valence-electron chi connectivity index (χ3n) is 3.14. The Bertz CT molecular complexity index is 658. The molecule has 0 fully saturated rings. The van der Waals surface area contributed by atoms with E-state index in [1.54, 1.807) is 43.3 Å². The Kier molecular flexibility index (Phi) is 4.70. The van der Waals surface area contributed by atoms with Gasteiger partial charge < -0.3 is 15.4 Å². The average molecular weight is 305 g/mol. The number of rotatable bonds is 4. The first-order valence-corrected chi connectivity index (χ1v) is 6.82. The zero-order valence-electron chi connectivity index (χ0n) is 12.0. The molecule has 0 aliphatic rings. The van der Waals surface area contributed by atoms with E-state index < -0.39 is 0 Å². The van der Waals surface area contributed by atoms with Crippen LogP contribution in [-0.2, 0) is 6.54 Å². The predicted molar refractivity (Wildman–Crippen MR) is 84.7 cm³/mol. The van der Waals surface area contributed by atoms with Gasteiger partial charge in [0.1, 0.15) is 5.75 Å². The molecule has 1 amide bonds. The van der Waals surface area contributed by atoms with Gasteiger partial charge in [-0.2, -0.15) is 0 Å². The van der Waals surface area contributed by atoms with Crippen LogP contribution < -0.4 is 10.5 Å². The van der Waals surface area contributed by atoms with Crippen LogP contribution in [0.1, 0.15) is 15.9 Å². The molecular weight excluding hydrogens is 288 g/mol. The number of nitrogens with zero attached hydrogens (tertiary/aromatic N) is 1. The van der Waals surface area contributed by atoms with Crippen molar-refractivity contribution in [3.05, 3.63) is 58.6 Å². The summed E-state index contributed by atoms with van der Waals surface area (Å²) in [6.07, 6.45) is 0. The summed E-state index contributed by atoms with van der Waals surface area (Å²) in [5.41, 5.74) is 7.73. The van der Waals surface area contributed by atoms with Crippen LogP contribution in [0.5, 0.6) is 5.75 Å². The highest BCUT2D eigenvalue weighted by Crippen LogP contribution is 2.21. The topological polar surface area (TPSA) is 55.6 Å². The van der Waals surface area contributed by atoms with Crippen molar-refractivity contribution in [3.8, 4) is 5.75 Å². The lowest BCUT2D eigenvalue weighted by Gasteiger charge is -2.18. The van der Waals surface area contributed by atoms with E-state index in [4.69, 9.17) is 22.1 Å². The number of amides is 1. The second kappa shape index (κ2) is 6.50. The molecule has 2 rings (SSSR count). The number of nitrogens with two attached hydrogens (primary N) is 1. The molecule has 0 aromatic heterocycles. The van der Waals surface area contributed by atoms with Crippen LogP contribution in [0.2, 0.25) is 5.02 Å². The third-order valence-corrected chi connectivity index (χ3v) is 3.38. The van der Waals surface area contributed by atoms with Gasteiger partial charge in [0.2, 0.25) is 0 Å². The highest BCUT2D eigenvalue weighted by molar-refractivity contribution is 6.30. The van der Waals surface area contributed by atoms with Crippen molar-refractivity contribution in [3.63, 3.8) is 0 Å². The number of anilines is 1. The molecule has 4 nitrogen and oxygen atoms in total. The molecule has 2 aromatic rings. The predicted octanol–water partition coefficient (Wildman–Crippen LogP) is 3.20. The maximum absolute atomic E-state index is 12.4. The molecular formula is C16H17ClN2O2. The maximum Gasteiger partial charge on any atom is 0.255 e. The molecule has 0 atom stereocenters. The number of halogens is 1. The van der Waals surface area contributed by atoms with E-state index in [9.17, 15) is 4.79 Å². The monoisotopic (exact) mass is 304 g/mol. The maximum atomic E-state index is 12.4. The van der Waals surface area contributed by atoms with Crippen LogP contribution in [0, 0.1) is 0 Å². The van der Waals surface area contributed by atoms with Crippen molar-refractivity contribution in [2.45, 2.75) is 6.54 Å².